The van der Waals surface area contributed by atoms with E-state index in [4.69, 9.17) is 9.15 Å². The molecule has 1 aliphatic rings. The topological polar surface area (TPSA) is 117 Å². The number of ether oxygens (including phenoxy) is 1. The fourth-order valence-corrected chi connectivity index (χ4v) is 4.06. The number of H-pyrrole nitrogens is 1. The second-order valence-corrected chi connectivity index (χ2v) is 7.90. The molecule has 1 fully saturated rings. The Kier molecular flexibility index (Phi) is 5.34. The van der Waals surface area contributed by atoms with Gasteiger partial charge in [0.1, 0.15) is 11.6 Å². The van der Waals surface area contributed by atoms with E-state index < -0.39 is 16.6 Å². The number of carbonyl (C=O) groups is 1. The Morgan fingerprint density at radius 3 is 2.80 bits per heavy atom. The van der Waals surface area contributed by atoms with Crippen molar-refractivity contribution >= 4 is 16.9 Å². The van der Waals surface area contributed by atoms with Crippen LogP contribution in [-0.4, -0.2) is 34.2 Å². The summed E-state index contributed by atoms with van der Waals surface area (Å²) in [5.74, 6) is 0.585. The van der Waals surface area contributed by atoms with Gasteiger partial charge in [-0.2, -0.15) is 0 Å². The number of hydrogen-bond acceptors (Lipinski definition) is 6. The molecule has 1 aliphatic heterocycles. The third-order valence-corrected chi connectivity index (χ3v) is 5.67. The minimum atomic E-state index is -0.800. The van der Waals surface area contributed by atoms with Crippen molar-refractivity contribution in [2.45, 2.75) is 44.6 Å². The summed E-state index contributed by atoms with van der Waals surface area (Å²) in [6.07, 6.45) is 1.01. The minimum absolute atomic E-state index is 0.0703. The number of aromatic hydroxyl groups is 1. The Hall–Kier alpha value is -3.13. The first-order chi connectivity index (χ1) is 14.4. The minimum Gasteiger partial charge on any atom is -0.502 e. The van der Waals surface area contributed by atoms with E-state index in [0.29, 0.717) is 37.6 Å². The van der Waals surface area contributed by atoms with Crippen LogP contribution >= 0.6 is 0 Å². The van der Waals surface area contributed by atoms with Gasteiger partial charge in [-0.1, -0.05) is 12.1 Å². The highest BCUT2D eigenvalue weighted by Gasteiger charge is 2.42. The zero-order valence-corrected chi connectivity index (χ0v) is 17.0. The molecule has 0 saturated carbocycles. The summed E-state index contributed by atoms with van der Waals surface area (Å²) in [5, 5.41) is 13.4. The van der Waals surface area contributed by atoms with E-state index in [0.717, 1.165) is 11.0 Å². The smallest absolute Gasteiger partial charge is 0.227 e. The molecule has 1 amide bonds. The Morgan fingerprint density at radius 1 is 1.33 bits per heavy atom. The van der Waals surface area contributed by atoms with Gasteiger partial charge in [0.2, 0.25) is 17.1 Å². The van der Waals surface area contributed by atoms with Gasteiger partial charge in [0.05, 0.1) is 17.1 Å². The molecule has 1 aromatic carbocycles. The predicted octanol–water partition coefficient (Wildman–Crippen LogP) is 2.85. The lowest BCUT2D eigenvalue weighted by Gasteiger charge is -2.36. The fourth-order valence-electron chi connectivity index (χ4n) is 4.06. The van der Waals surface area contributed by atoms with E-state index in [-0.39, 0.29) is 24.1 Å². The highest BCUT2D eigenvalue weighted by molar-refractivity contribution is 5.79. The molecule has 30 heavy (non-hydrogen) atoms. The molecule has 1 atom stereocenters. The van der Waals surface area contributed by atoms with E-state index >= 15 is 0 Å². The molecule has 2 aromatic heterocycles. The van der Waals surface area contributed by atoms with Gasteiger partial charge in [-0.15, -0.1) is 0 Å². The number of aryl methyl sites for hydroxylation is 1. The number of benzene rings is 1. The van der Waals surface area contributed by atoms with Crippen molar-refractivity contribution in [2.24, 2.45) is 0 Å². The van der Waals surface area contributed by atoms with Crippen LogP contribution in [0.2, 0.25) is 0 Å². The molecular formula is C22H25N3O5. The van der Waals surface area contributed by atoms with E-state index in [1.54, 1.807) is 6.92 Å². The summed E-state index contributed by atoms with van der Waals surface area (Å²) in [4.78, 5) is 32.9. The third kappa shape index (κ3) is 3.82. The van der Waals surface area contributed by atoms with Crippen LogP contribution in [-0.2, 0) is 14.9 Å². The van der Waals surface area contributed by atoms with Crippen LogP contribution in [0.4, 0.5) is 0 Å². The van der Waals surface area contributed by atoms with E-state index in [9.17, 15) is 14.7 Å². The summed E-state index contributed by atoms with van der Waals surface area (Å²) < 4.78 is 11.2. The summed E-state index contributed by atoms with van der Waals surface area (Å²) in [5.41, 5.74) is 0.433. The van der Waals surface area contributed by atoms with Crippen molar-refractivity contribution in [1.29, 1.82) is 0 Å². The molecular weight excluding hydrogens is 386 g/mol. The number of nitrogens with zero attached hydrogens (tertiary/aromatic N) is 1. The summed E-state index contributed by atoms with van der Waals surface area (Å²) in [6.45, 7) is 4.35. The summed E-state index contributed by atoms with van der Waals surface area (Å²) in [7, 11) is 0. The molecule has 0 aliphatic carbocycles. The Balaban J connectivity index is 1.57. The molecule has 3 aromatic rings. The van der Waals surface area contributed by atoms with Gasteiger partial charge in [-0.3, -0.25) is 9.59 Å². The molecule has 0 bridgehead atoms. The molecule has 8 heteroatoms. The number of rotatable bonds is 5. The maximum absolute atomic E-state index is 13.0. The third-order valence-electron chi connectivity index (χ3n) is 5.67. The van der Waals surface area contributed by atoms with E-state index in [1.165, 1.54) is 6.07 Å². The molecule has 1 saturated heterocycles. The zero-order valence-electron chi connectivity index (χ0n) is 17.0. The highest BCUT2D eigenvalue weighted by atomic mass is 16.5. The van der Waals surface area contributed by atoms with Crippen molar-refractivity contribution in [3.63, 3.8) is 0 Å². The molecule has 3 N–H and O–H groups in total. The van der Waals surface area contributed by atoms with Gasteiger partial charge in [0.15, 0.2) is 5.76 Å². The van der Waals surface area contributed by atoms with Crippen LogP contribution in [0.5, 0.6) is 5.75 Å². The van der Waals surface area contributed by atoms with Gasteiger partial charge in [-0.05, 0) is 38.8 Å². The number of aromatic nitrogens is 2. The van der Waals surface area contributed by atoms with Crippen molar-refractivity contribution in [1.82, 2.24) is 15.3 Å². The number of imidazole rings is 1. The lowest BCUT2D eigenvalue weighted by Crippen LogP contribution is -2.40. The van der Waals surface area contributed by atoms with E-state index in [2.05, 4.69) is 15.3 Å². The number of hydrogen-bond donors (Lipinski definition) is 3. The SMILES string of the molecule is Cc1cc(=O)c(O)c(C2(CC(=O)N[C@@H](C)c3nc4ccccc4[nH]3)CCOCC2)o1. The van der Waals surface area contributed by atoms with Crippen molar-refractivity contribution in [3.8, 4) is 5.75 Å². The average Bonchev–Trinajstić information content (AvgIpc) is 3.15. The van der Waals surface area contributed by atoms with Gasteiger partial charge < -0.3 is 24.6 Å². The number of aromatic amines is 1. The number of para-hydroxylation sites is 2. The predicted molar refractivity (Wildman–Crippen MR) is 110 cm³/mol. The first kappa shape index (κ1) is 20.2. The standard InChI is InChI=1S/C22H25N3O5/c1-13-11-17(26)19(28)20(30-13)22(7-9-29-10-8-22)12-18(27)23-14(2)21-24-15-5-3-4-6-16(15)25-21/h3-6,11,14,28H,7-10,12H2,1-2H3,(H,23,27)(H,24,25)/t14-/m0/s1. The molecule has 0 radical (unpaired) electrons. The molecule has 0 unspecified atom stereocenters. The lowest BCUT2D eigenvalue weighted by atomic mass is 9.74. The Labute approximate surface area is 173 Å². The van der Waals surface area contributed by atoms with Crippen LogP contribution in [0.15, 0.2) is 39.5 Å². The average molecular weight is 411 g/mol. The second kappa shape index (κ2) is 7.95. The van der Waals surface area contributed by atoms with Gasteiger partial charge in [-0.25, -0.2) is 4.98 Å². The van der Waals surface area contributed by atoms with Crippen LogP contribution in [0.1, 0.15) is 49.6 Å². The Morgan fingerprint density at radius 2 is 2.07 bits per heavy atom. The molecule has 8 nitrogen and oxygen atoms in total. The van der Waals surface area contributed by atoms with Gasteiger partial charge >= 0.3 is 0 Å². The van der Waals surface area contributed by atoms with Crippen molar-refractivity contribution in [2.75, 3.05) is 13.2 Å². The molecule has 4 rings (SSSR count). The number of fused-ring (bicyclic) bond motifs is 1. The zero-order chi connectivity index (χ0) is 21.3. The molecule has 158 valence electrons. The fraction of sp³-hybridized carbons (Fsp3) is 0.409. The van der Waals surface area contributed by atoms with Crippen LogP contribution in [0, 0.1) is 6.92 Å². The summed E-state index contributed by atoms with van der Waals surface area (Å²) >= 11 is 0. The monoisotopic (exact) mass is 411 g/mol. The molecule has 3 heterocycles. The largest absolute Gasteiger partial charge is 0.502 e. The quantitative estimate of drug-likeness (QED) is 0.594. The first-order valence-electron chi connectivity index (χ1n) is 10.0. The van der Waals surface area contributed by atoms with Crippen LogP contribution < -0.4 is 10.7 Å². The highest BCUT2D eigenvalue weighted by Crippen LogP contribution is 2.41. The first-order valence-corrected chi connectivity index (χ1v) is 10.0. The lowest BCUT2D eigenvalue weighted by molar-refractivity contribution is -0.124. The maximum Gasteiger partial charge on any atom is 0.227 e. The van der Waals surface area contributed by atoms with Crippen LogP contribution in [0.25, 0.3) is 11.0 Å². The second-order valence-electron chi connectivity index (χ2n) is 7.90. The number of nitrogens with one attached hydrogen (secondary N) is 2. The van der Waals surface area contributed by atoms with Crippen molar-refractivity contribution < 1.29 is 19.1 Å². The van der Waals surface area contributed by atoms with Gasteiger partial charge in [0, 0.05) is 31.1 Å². The van der Waals surface area contributed by atoms with Gasteiger partial charge in [0.25, 0.3) is 0 Å². The number of amides is 1. The normalized spacial score (nSPS) is 17.0. The maximum atomic E-state index is 13.0. The van der Waals surface area contributed by atoms with Crippen molar-refractivity contribution in [3.05, 3.63) is 57.9 Å². The summed E-state index contributed by atoms with van der Waals surface area (Å²) in [6, 6.07) is 8.58. The number of carbonyl (C=O) groups excluding carboxylic acids is 1. The van der Waals surface area contributed by atoms with Crippen LogP contribution in [0.3, 0.4) is 0 Å². The van der Waals surface area contributed by atoms with E-state index in [1.807, 2.05) is 31.2 Å². The Bertz CT molecular complexity index is 1090. The molecule has 0 spiro atoms.